The molecule has 2 rings (SSSR count). The Labute approximate surface area is 113 Å². The molecule has 0 saturated heterocycles. The molecule has 92 valence electrons. The number of nitrogens with zero attached hydrogens (tertiary/aromatic N) is 2. The highest BCUT2D eigenvalue weighted by Gasteiger charge is 2.13. The molecule has 2 heterocycles. The second-order valence-corrected chi connectivity index (χ2v) is 6.30. The molecule has 0 bridgehead atoms. The fourth-order valence-electron chi connectivity index (χ4n) is 1.75. The van der Waals surface area contributed by atoms with Gasteiger partial charge in [0.2, 0.25) is 0 Å². The minimum Gasteiger partial charge on any atom is -0.388 e. The zero-order valence-corrected chi connectivity index (χ0v) is 12.3. The summed E-state index contributed by atoms with van der Waals surface area (Å²) in [4.78, 5) is 0. The first kappa shape index (κ1) is 12.8. The van der Waals surface area contributed by atoms with E-state index in [1.807, 2.05) is 23.2 Å². The summed E-state index contributed by atoms with van der Waals surface area (Å²) in [7, 11) is 1.92. The monoisotopic (exact) mass is 314 g/mol. The molecule has 2 aromatic rings. The van der Waals surface area contributed by atoms with Crippen LogP contribution in [0.2, 0.25) is 0 Å². The van der Waals surface area contributed by atoms with Crippen LogP contribution in [0.4, 0.5) is 0 Å². The Balaban J connectivity index is 2.12. The van der Waals surface area contributed by atoms with E-state index in [4.69, 9.17) is 0 Å². The second kappa shape index (κ2) is 5.33. The number of aryl methyl sites for hydroxylation is 2. The third-order valence-electron chi connectivity index (χ3n) is 2.76. The van der Waals surface area contributed by atoms with Crippen molar-refractivity contribution in [1.29, 1.82) is 0 Å². The van der Waals surface area contributed by atoms with Gasteiger partial charge in [-0.25, -0.2) is 0 Å². The second-order valence-electron chi connectivity index (χ2n) is 4.01. The first-order chi connectivity index (χ1) is 8.10. The lowest BCUT2D eigenvalue weighted by Gasteiger charge is -2.08. The Hall–Kier alpha value is -0.650. The molecule has 0 saturated carbocycles. The quantitative estimate of drug-likeness (QED) is 0.941. The van der Waals surface area contributed by atoms with E-state index in [0.29, 0.717) is 6.42 Å². The van der Waals surface area contributed by atoms with Gasteiger partial charge in [-0.3, -0.25) is 4.68 Å². The minimum atomic E-state index is -0.461. The molecule has 0 spiro atoms. The van der Waals surface area contributed by atoms with Crippen LogP contribution in [0.15, 0.2) is 21.3 Å². The van der Waals surface area contributed by atoms with Crippen molar-refractivity contribution >= 4 is 27.3 Å². The van der Waals surface area contributed by atoms with Gasteiger partial charge in [0.25, 0.3) is 0 Å². The molecular weight excluding hydrogens is 300 g/mol. The normalized spacial score (nSPS) is 12.9. The van der Waals surface area contributed by atoms with Crippen LogP contribution < -0.4 is 0 Å². The van der Waals surface area contributed by atoms with Crippen LogP contribution >= 0.6 is 27.3 Å². The number of aliphatic hydroxyl groups is 1. The summed E-state index contributed by atoms with van der Waals surface area (Å²) < 4.78 is 2.90. The highest BCUT2D eigenvalue weighted by molar-refractivity contribution is 9.11. The van der Waals surface area contributed by atoms with Crippen LogP contribution in [0.25, 0.3) is 0 Å². The Bertz CT molecular complexity index is 506. The van der Waals surface area contributed by atoms with Crippen LogP contribution in [-0.4, -0.2) is 14.9 Å². The highest BCUT2D eigenvalue weighted by atomic mass is 79.9. The van der Waals surface area contributed by atoms with Crippen molar-refractivity contribution in [2.24, 2.45) is 7.05 Å². The fourth-order valence-corrected chi connectivity index (χ4v) is 2.97. The maximum absolute atomic E-state index is 10.1. The Kier molecular flexibility index (Phi) is 4.01. The van der Waals surface area contributed by atoms with Crippen LogP contribution in [0.1, 0.15) is 30.0 Å². The van der Waals surface area contributed by atoms with Crippen molar-refractivity contribution in [3.63, 3.8) is 0 Å². The summed E-state index contributed by atoms with van der Waals surface area (Å²) >= 11 is 5.00. The number of thiophene rings is 1. The minimum absolute atomic E-state index is 0.461. The van der Waals surface area contributed by atoms with Gasteiger partial charge in [-0.15, -0.1) is 11.3 Å². The van der Waals surface area contributed by atoms with Gasteiger partial charge in [0.05, 0.1) is 15.6 Å². The van der Waals surface area contributed by atoms with E-state index in [1.165, 1.54) is 0 Å². The van der Waals surface area contributed by atoms with Gasteiger partial charge in [-0.05, 0) is 45.4 Å². The number of aromatic nitrogens is 2. The zero-order chi connectivity index (χ0) is 12.4. The summed E-state index contributed by atoms with van der Waals surface area (Å²) in [5, 5.41) is 16.5. The molecule has 2 aromatic heterocycles. The van der Waals surface area contributed by atoms with Crippen molar-refractivity contribution in [3.8, 4) is 0 Å². The van der Waals surface area contributed by atoms with Crippen molar-refractivity contribution in [1.82, 2.24) is 9.78 Å². The van der Waals surface area contributed by atoms with Crippen LogP contribution in [0.5, 0.6) is 0 Å². The SMILES string of the molecule is CCc1cc(CC(O)c2csc(Br)c2)n(C)n1. The Morgan fingerprint density at radius 1 is 1.53 bits per heavy atom. The predicted molar refractivity (Wildman–Crippen MR) is 73.3 cm³/mol. The van der Waals surface area contributed by atoms with E-state index in [1.54, 1.807) is 11.3 Å². The molecule has 1 unspecified atom stereocenters. The van der Waals surface area contributed by atoms with Crippen LogP contribution in [0, 0.1) is 0 Å². The van der Waals surface area contributed by atoms with E-state index in [-0.39, 0.29) is 0 Å². The van der Waals surface area contributed by atoms with Gasteiger partial charge in [-0.2, -0.15) is 5.10 Å². The maximum Gasteiger partial charge on any atom is 0.0853 e. The van der Waals surface area contributed by atoms with E-state index < -0.39 is 6.10 Å². The molecule has 0 fully saturated rings. The largest absolute Gasteiger partial charge is 0.388 e. The molecule has 0 amide bonds. The van der Waals surface area contributed by atoms with Gasteiger partial charge in [0, 0.05) is 19.2 Å². The van der Waals surface area contributed by atoms with Crippen molar-refractivity contribution in [2.75, 3.05) is 0 Å². The predicted octanol–water partition coefficient (Wildman–Crippen LogP) is 3.08. The molecule has 0 radical (unpaired) electrons. The molecule has 0 aliphatic carbocycles. The number of rotatable bonds is 4. The standard InChI is InChI=1S/C12H15BrN2OS/c1-3-9-5-10(15(2)14-9)6-11(16)8-4-12(13)17-7-8/h4-5,7,11,16H,3,6H2,1-2H3. The van der Waals surface area contributed by atoms with Crippen molar-refractivity contribution < 1.29 is 5.11 Å². The Morgan fingerprint density at radius 3 is 2.82 bits per heavy atom. The number of aliphatic hydroxyl groups excluding tert-OH is 1. The van der Waals surface area contributed by atoms with Gasteiger partial charge < -0.3 is 5.11 Å². The molecule has 1 N–H and O–H groups in total. The number of halogens is 1. The molecule has 1 atom stereocenters. The first-order valence-electron chi connectivity index (χ1n) is 5.54. The van der Waals surface area contributed by atoms with Gasteiger partial charge >= 0.3 is 0 Å². The molecule has 5 heteroatoms. The van der Waals surface area contributed by atoms with E-state index in [0.717, 1.165) is 27.2 Å². The summed E-state index contributed by atoms with van der Waals surface area (Å²) in [5.41, 5.74) is 3.10. The lowest BCUT2D eigenvalue weighted by Crippen LogP contribution is -2.05. The average Bonchev–Trinajstić information content (AvgIpc) is 2.86. The molecule has 3 nitrogen and oxygen atoms in total. The van der Waals surface area contributed by atoms with Crippen molar-refractivity contribution in [3.05, 3.63) is 38.3 Å². The maximum atomic E-state index is 10.1. The Morgan fingerprint density at radius 2 is 2.29 bits per heavy atom. The molecule has 0 aliphatic rings. The molecule has 17 heavy (non-hydrogen) atoms. The third-order valence-corrected chi connectivity index (χ3v) is 4.29. The number of hydrogen-bond donors (Lipinski definition) is 1. The smallest absolute Gasteiger partial charge is 0.0853 e. The molecular formula is C12H15BrN2OS. The summed E-state index contributed by atoms with van der Waals surface area (Å²) in [6, 6.07) is 4.02. The summed E-state index contributed by atoms with van der Waals surface area (Å²) in [6.07, 6.45) is 1.07. The van der Waals surface area contributed by atoms with Crippen LogP contribution in [-0.2, 0) is 19.9 Å². The van der Waals surface area contributed by atoms with E-state index in [9.17, 15) is 5.11 Å². The highest BCUT2D eigenvalue weighted by Crippen LogP contribution is 2.27. The fraction of sp³-hybridized carbons (Fsp3) is 0.417. The topological polar surface area (TPSA) is 38.0 Å². The lowest BCUT2D eigenvalue weighted by molar-refractivity contribution is 0.176. The van der Waals surface area contributed by atoms with E-state index >= 15 is 0 Å². The van der Waals surface area contributed by atoms with Crippen LogP contribution in [0.3, 0.4) is 0 Å². The average molecular weight is 315 g/mol. The molecule has 0 aromatic carbocycles. The molecule has 0 aliphatic heterocycles. The summed E-state index contributed by atoms with van der Waals surface area (Å²) in [5.74, 6) is 0. The number of hydrogen-bond acceptors (Lipinski definition) is 3. The van der Waals surface area contributed by atoms with Gasteiger partial charge in [0.15, 0.2) is 0 Å². The lowest BCUT2D eigenvalue weighted by atomic mass is 10.1. The van der Waals surface area contributed by atoms with E-state index in [2.05, 4.69) is 34.0 Å². The zero-order valence-electron chi connectivity index (χ0n) is 9.85. The van der Waals surface area contributed by atoms with Crippen molar-refractivity contribution in [2.45, 2.75) is 25.9 Å². The third kappa shape index (κ3) is 2.97. The summed E-state index contributed by atoms with van der Waals surface area (Å²) in [6.45, 7) is 2.08. The van der Waals surface area contributed by atoms with Gasteiger partial charge in [-0.1, -0.05) is 6.92 Å². The first-order valence-corrected chi connectivity index (χ1v) is 7.21. The van der Waals surface area contributed by atoms with Gasteiger partial charge in [0.1, 0.15) is 0 Å².